The number of benzene rings is 2. The number of ketones is 1. The fourth-order valence-electron chi connectivity index (χ4n) is 2.19. The molecule has 1 heterocycles. The van der Waals surface area contributed by atoms with Crippen molar-refractivity contribution >= 4 is 21.7 Å². The predicted octanol–water partition coefficient (Wildman–Crippen LogP) is 3.83. The lowest BCUT2D eigenvalue weighted by atomic mass is 10.1. The normalized spacial score (nSPS) is 19.1. The Morgan fingerprint density at radius 3 is 2.57 bits per heavy atom. The van der Waals surface area contributed by atoms with Crippen molar-refractivity contribution in [2.75, 3.05) is 6.54 Å². The Morgan fingerprint density at radius 2 is 1.86 bits per heavy atom. The van der Waals surface area contributed by atoms with Gasteiger partial charge in [0.15, 0.2) is 11.7 Å². The molecule has 3 rings (SSSR count). The van der Waals surface area contributed by atoms with Crippen molar-refractivity contribution in [2.24, 2.45) is 0 Å². The highest BCUT2D eigenvalue weighted by atomic mass is 79.9. The summed E-state index contributed by atoms with van der Waals surface area (Å²) in [5.41, 5.74) is 1.74. The molecule has 0 spiro atoms. The molecule has 0 aliphatic carbocycles. The van der Waals surface area contributed by atoms with Gasteiger partial charge in [-0.3, -0.25) is 4.79 Å². The van der Waals surface area contributed by atoms with Crippen LogP contribution in [0, 0.1) is 0 Å². The van der Waals surface area contributed by atoms with E-state index >= 15 is 0 Å². The number of rotatable bonds is 3. The van der Waals surface area contributed by atoms with Crippen molar-refractivity contribution in [2.45, 2.75) is 6.10 Å². The van der Waals surface area contributed by atoms with Crippen LogP contribution in [0.3, 0.4) is 0 Å². The van der Waals surface area contributed by atoms with E-state index in [2.05, 4.69) is 21.2 Å². The molecular weight excluding hydrogens is 330 g/mol. The van der Waals surface area contributed by atoms with E-state index in [0.717, 1.165) is 10.0 Å². The summed E-state index contributed by atoms with van der Waals surface area (Å²) in [5.74, 6) is 0.454. The van der Waals surface area contributed by atoms with Crippen molar-refractivity contribution in [3.63, 3.8) is 0 Å². The number of hydrogen-bond donors (Lipinski definition) is 1. The molecule has 1 saturated heterocycles. The SMILES string of the molecule is O=C(/C=C1\NC[C@@H](c2ccccc2)O1)c1ccc(Br)cc1. The predicted molar refractivity (Wildman–Crippen MR) is 84.8 cm³/mol. The minimum Gasteiger partial charge on any atom is -0.469 e. The number of hydrogen-bond acceptors (Lipinski definition) is 3. The van der Waals surface area contributed by atoms with E-state index in [9.17, 15) is 4.79 Å². The van der Waals surface area contributed by atoms with E-state index in [0.29, 0.717) is 18.0 Å². The zero-order chi connectivity index (χ0) is 14.7. The highest BCUT2D eigenvalue weighted by molar-refractivity contribution is 9.10. The smallest absolute Gasteiger partial charge is 0.191 e. The number of nitrogens with one attached hydrogen (secondary N) is 1. The maximum atomic E-state index is 12.1. The van der Waals surface area contributed by atoms with Gasteiger partial charge in [-0.2, -0.15) is 0 Å². The minimum atomic E-state index is -0.0706. The molecule has 4 heteroatoms. The van der Waals surface area contributed by atoms with E-state index < -0.39 is 0 Å². The first-order chi connectivity index (χ1) is 10.2. The third-order valence-corrected chi connectivity index (χ3v) is 3.82. The van der Waals surface area contributed by atoms with Gasteiger partial charge in [0.05, 0.1) is 6.54 Å². The second-order valence-corrected chi connectivity index (χ2v) is 5.69. The molecule has 106 valence electrons. The van der Waals surface area contributed by atoms with Gasteiger partial charge in [-0.15, -0.1) is 0 Å². The van der Waals surface area contributed by atoms with Crippen LogP contribution in [-0.4, -0.2) is 12.3 Å². The summed E-state index contributed by atoms with van der Waals surface area (Å²) in [6.07, 6.45) is 1.46. The van der Waals surface area contributed by atoms with Crippen molar-refractivity contribution in [1.29, 1.82) is 0 Å². The van der Waals surface area contributed by atoms with E-state index in [4.69, 9.17) is 4.74 Å². The summed E-state index contributed by atoms with van der Waals surface area (Å²) in [6.45, 7) is 0.670. The lowest BCUT2D eigenvalue weighted by Crippen LogP contribution is -2.08. The zero-order valence-electron chi connectivity index (χ0n) is 11.3. The summed E-state index contributed by atoms with van der Waals surface area (Å²) in [6, 6.07) is 17.2. The summed E-state index contributed by atoms with van der Waals surface area (Å²) < 4.78 is 6.73. The highest BCUT2D eigenvalue weighted by Gasteiger charge is 2.22. The summed E-state index contributed by atoms with van der Waals surface area (Å²) in [4.78, 5) is 12.1. The Bertz CT molecular complexity index is 665. The molecule has 3 nitrogen and oxygen atoms in total. The van der Waals surface area contributed by atoms with E-state index in [1.54, 1.807) is 12.1 Å². The molecule has 2 aromatic rings. The zero-order valence-corrected chi connectivity index (χ0v) is 12.8. The van der Waals surface area contributed by atoms with Gasteiger partial charge in [-0.25, -0.2) is 0 Å². The molecule has 1 aliphatic rings. The summed E-state index contributed by atoms with van der Waals surface area (Å²) in [5, 5.41) is 3.13. The molecule has 0 saturated carbocycles. The molecule has 0 bridgehead atoms. The fraction of sp³-hybridized carbons (Fsp3) is 0.118. The number of carbonyl (C=O) groups excluding carboxylic acids is 1. The summed E-state index contributed by atoms with van der Waals surface area (Å²) in [7, 11) is 0. The van der Waals surface area contributed by atoms with Crippen LogP contribution in [0.25, 0.3) is 0 Å². The van der Waals surface area contributed by atoms with Crippen LogP contribution in [0.1, 0.15) is 22.0 Å². The average Bonchev–Trinajstić information content (AvgIpc) is 2.97. The van der Waals surface area contributed by atoms with Gasteiger partial charge in [-0.1, -0.05) is 46.3 Å². The monoisotopic (exact) mass is 343 g/mol. The minimum absolute atomic E-state index is 0.0461. The van der Waals surface area contributed by atoms with Gasteiger partial charge in [0.1, 0.15) is 6.10 Å². The van der Waals surface area contributed by atoms with Gasteiger partial charge in [0, 0.05) is 16.1 Å². The maximum absolute atomic E-state index is 12.1. The van der Waals surface area contributed by atoms with Crippen molar-refractivity contribution in [1.82, 2.24) is 5.32 Å². The van der Waals surface area contributed by atoms with Crippen LogP contribution in [0.4, 0.5) is 0 Å². The number of halogens is 1. The van der Waals surface area contributed by atoms with Gasteiger partial charge >= 0.3 is 0 Å². The molecule has 2 aromatic carbocycles. The van der Waals surface area contributed by atoms with Crippen molar-refractivity contribution < 1.29 is 9.53 Å². The molecular formula is C17H14BrNO2. The first kappa shape index (κ1) is 13.9. The van der Waals surface area contributed by atoms with Crippen LogP contribution in [0.2, 0.25) is 0 Å². The number of ether oxygens (including phenoxy) is 1. The second kappa shape index (κ2) is 6.14. The van der Waals surface area contributed by atoms with Gasteiger partial charge < -0.3 is 10.1 Å². The third kappa shape index (κ3) is 3.34. The fourth-order valence-corrected chi connectivity index (χ4v) is 2.45. The molecule has 1 aliphatic heterocycles. The van der Waals surface area contributed by atoms with Gasteiger partial charge in [0.2, 0.25) is 0 Å². The van der Waals surface area contributed by atoms with E-state index in [-0.39, 0.29) is 11.9 Å². The first-order valence-electron chi connectivity index (χ1n) is 6.69. The molecule has 0 aromatic heterocycles. The molecule has 0 unspecified atom stereocenters. The Labute approximate surface area is 131 Å². The lowest BCUT2D eigenvalue weighted by molar-refractivity contribution is 0.103. The Hall–Kier alpha value is -2.07. The third-order valence-electron chi connectivity index (χ3n) is 3.29. The summed E-state index contributed by atoms with van der Waals surface area (Å²) >= 11 is 3.35. The lowest BCUT2D eigenvalue weighted by Gasteiger charge is -2.08. The molecule has 21 heavy (non-hydrogen) atoms. The van der Waals surface area contributed by atoms with Crippen LogP contribution in [-0.2, 0) is 4.74 Å². The Morgan fingerprint density at radius 1 is 1.14 bits per heavy atom. The van der Waals surface area contributed by atoms with Crippen molar-refractivity contribution in [3.8, 4) is 0 Å². The first-order valence-corrected chi connectivity index (χ1v) is 7.49. The van der Waals surface area contributed by atoms with E-state index in [1.807, 2.05) is 42.5 Å². The molecule has 0 radical (unpaired) electrons. The van der Waals surface area contributed by atoms with Crippen LogP contribution >= 0.6 is 15.9 Å². The van der Waals surface area contributed by atoms with E-state index in [1.165, 1.54) is 6.08 Å². The number of carbonyl (C=O) groups is 1. The number of allylic oxidation sites excluding steroid dienone is 1. The van der Waals surface area contributed by atoms with Crippen LogP contribution in [0.15, 0.2) is 71.0 Å². The molecule has 1 fully saturated rings. The quantitative estimate of drug-likeness (QED) is 0.679. The molecule has 1 N–H and O–H groups in total. The Kier molecular flexibility index (Phi) is 4.06. The average molecular weight is 344 g/mol. The van der Waals surface area contributed by atoms with Gasteiger partial charge in [-0.05, 0) is 29.8 Å². The standard InChI is InChI=1S/C17H14BrNO2/c18-14-8-6-12(7-9-14)15(20)10-17-19-11-16(21-17)13-4-2-1-3-5-13/h1-10,16,19H,11H2/b17-10+/t16-/m0/s1. The highest BCUT2D eigenvalue weighted by Crippen LogP contribution is 2.24. The second-order valence-electron chi connectivity index (χ2n) is 4.78. The molecule has 0 amide bonds. The maximum Gasteiger partial charge on any atom is 0.191 e. The van der Waals surface area contributed by atoms with Gasteiger partial charge in [0.25, 0.3) is 0 Å². The van der Waals surface area contributed by atoms with Crippen LogP contribution in [0.5, 0.6) is 0 Å². The van der Waals surface area contributed by atoms with Crippen LogP contribution < -0.4 is 5.32 Å². The Balaban J connectivity index is 1.71. The molecule has 1 atom stereocenters. The topological polar surface area (TPSA) is 38.3 Å². The largest absolute Gasteiger partial charge is 0.469 e. The van der Waals surface area contributed by atoms with Crippen molar-refractivity contribution in [3.05, 3.63) is 82.2 Å².